The second-order valence-electron chi connectivity index (χ2n) is 25.0. The number of carboxylic acids is 2. The third kappa shape index (κ3) is 27.2. The van der Waals surface area contributed by atoms with Crippen LogP contribution in [-0.4, -0.2) is 178 Å². The molecule has 29 nitrogen and oxygen atoms in total. The number of aromatic amines is 1. The van der Waals surface area contributed by atoms with E-state index in [4.69, 9.17) is 17.2 Å². The van der Waals surface area contributed by atoms with Gasteiger partial charge in [-0.05, 0) is 111 Å². The maximum atomic E-state index is 14.8. The minimum absolute atomic E-state index is 0.0251. The first-order valence-electron chi connectivity index (χ1n) is 32.5. The predicted molar refractivity (Wildman–Crippen MR) is 357 cm³/mol. The zero-order valence-electron chi connectivity index (χ0n) is 55.5. The summed E-state index contributed by atoms with van der Waals surface area (Å²) in [5, 5.41) is 55.9. The summed E-state index contributed by atoms with van der Waals surface area (Å²) in [6.45, 7) is 9.20. The van der Waals surface area contributed by atoms with Crippen molar-refractivity contribution in [2.45, 2.75) is 179 Å². The molecule has 0 aliphatic rings. The van der Waals surface area contributed by atoms with Crippen LogP contribution < -0.4 is 70.4 Å². The van der Waals surface area contributed by atoms with Crippen molar-refractivity contribution in [3.05, 3.63) is 108 Å². The highest BCUT2D eigenvalue weighted by Crippen LogP contribution is 2.20. The van der Waals surface area contributed by atoms with Crippen molar-refractivity contribution in [3.8, 4) is 0 Å². The Morgan fingerprint density at radius 3 is 1.46 bits per heavy atom. The molecule has 0 aliphatic carbocycles. The standard InChI is InChI=1S/C67H98N14O15/c1-38(2)29-49(76-58(86)45(70)31-41-19-9-7-10-20-41)59(87)72-36-55(83)73-52(33-43-35-71-46-24-14-13-23-44(43)46)63(91)77-50(30-39(3)4)61(89)78-51(32-42-21-11-8-12-22-42)62(90)74-47(25-15-17-27-68)60(88)81-57(40(5)6)66(94)79-53(34-56(84)85)64(92)80-54(37-82)65(93)75-48(67(95)96)26-16-18-28-69/h7-14,19-24,35,38-40,45,47-54,57,71,82H,15-18,25-34,36-37,68-70H2,1-6H3,(H,72,87)(H,73,83)(H,74,90)(H,75,93)(H,76,86)(H,77,91)(H,78,89)(H,79,94)(H,80,92)(H,81,88)(H,84,85)(H,95,96)/t45-,47-,48-,49-,50-,51-,52-,53-,54-,57-/m0/s1. The Bertz CT molecular complexity index is 3220. The fourth-order valence-corrected chi connectivity index (χ4v) is 10.5. The molecule has 0 fully saturated rings. The lowest BCUT2D eigenvalue weighted by molar-refractivity contribution is -0.143. The van der Waals surface area contributed by atoms with Gasteiger partial charge in [0.25, 0.3) is 0 Å². The highest BCUT2D eigenvalue weighted by Gasteiger charge is 2.37. The van der Waals surface area contributed by atoms with Crippen molar-refractivity contribution in [2.24, 2.45) is 35.0 Å². The molecule has 4 aromatic rings. The van der Waals surface area contributed by atoms with Gasteiger partial charge in [0, 0.05) is 29.9 Å². The lowest BCUT2D eigenvalue weighted by Crippen LogP contribution is -2.61. The Labute approximate surface area is 558 Å². The quantitative estimate of drug-likeness (QED) is 0.0250. The van der Waals surface area contributed by atoms with Gasteiger partial charge in [-0.15, -0.1) is 0 Å². The van der Waals surface area contributed by atoms with Crippen LogP contribution in [0.3, 0.4) is 0 Å². The van der Waals surface area contributed by atoms with E-state index >= 15 is 0 Å². The number of nitrogens with one attached hydrogen (secondary N) is 11. The molecule has 4 rings (SSSR count). The average Bonchev–Trinajstić information content (AvgIpc) is 1.59. The highest BCUT2D eigenvalue weighted by atomic mass is 16.4. The second kappa shape index (κ2) is 40.8. The SMILES string of the molecule is CC(C)C[C@H](NC(=O)[C@H](Cc1c[nH]c2ccccc12)NC(=O)CNC(=O)[C@H](CC(C)C)NC(=O)[C@@H](N)Cc1ccccc1)C(=O)N[C@@H](Cc1ccccc1)C(=O)N[C@@H](CCCCN)C(=O)N[C@H](C(=O)N[C@@H](CC(=O)O)C(=O)N[C@@H](CO)C(=O)N[C@@H](CCCCN)C(=O)O)C(C)C. The zero-order chi connectivity index (χ0) is 71.0. The van der Waals surface area contributed by atoms with E-state index in [-0.39, 0.29) is 76.3 Å². The number of amides is 10. The van der Waals surface area contributed by atoms with Crippen LogP contribution in [-0.2, 0) is 76.8 Å². The van der Waals surface area contributed by atoms with Crippen LogP contribution in [0.15, 0.2) is 91.1 Å². The van der Waals surface area contributed by atoms with Gasteiger partial charge >= 0.3 is 11.9 Å². The first-order valence-corrected chi connectivity index (χ1v) is 32.5. The van der Waals surface area contributed by atoms with E-state index in [1.54, 1.807) is 56.4 Å². The minimum Gasteiger partial charge on any atom is -0.481 e. The maximum Gasteiger partial charge on any atom is 0.326 e. The van der Waals surface area contributed by atoms with E-state index in [1.165, 1.54) is 13.8 Å². The maximum absolute atomic E-state index is 14.8. The molecule has 0 saturated carbocycles. The molecule has 0 spiro atoms. The summed E-state index contributed by atoms with van der Waals surface area (Å²) in [5.74, 6) is -12.8. The lowest BCUT2D eigenvalue weighted by Gasteiger charge is -2.29. The predicted octanol–water partition coefficient (Wildman–Crippen LogP) is -0.440. The molecule has 20 N–H and O–H groups in total. The number of aromatic nitrogens is 1. The van der Waals surface area contributed by atoms with Gasteiger partial charge in [0.2, 0.25) is 59.1 Å². The number of carbonyl (C=O) groups is 12. The van der Waals surface area contributed by atoms with Gasteiger partial charge < -0.3 is 90.7 Å². The molecule has 29 heteroatoms. The Kier molecular flexibility index (Phi) is 33.6. The first kappa shape index (κ1) is 79.1. The highest BCUT2D eigenvalue weighted by molar-refractivity contribution is 5.99. The van der Waals surface area contributed by atoms with Crippen molar-refractivity contribution in [3.63, 3.8) is 0 Å². The normalized spacial score (nSPS) is 14.4. The van der Waals surface area contributed by atoms with Crippen molar-refractivity contribution in [2.75, 3.05) is 26.2 Å². The van der Waals surface area contributed by atoms with E-state index in [1.807, 2.05) is 62.4 Å². The average molecular weight is 1340 g/mol. The van der Waals surface area contributed by atoms with Gasteiger partial charge in [-0.25, -0.2) is 4.79 Å². The Morgan fingerprint density at radius 1 is 0.458 bits per heavy atom. The molecule has 10 amide bonds. The van der Waals surface area contributed by atoms with Crippen LogP contribution in [0.4, 0.5) is 0 Å². The summed E-state index contributed by atoms with van der Waals surface area (Å²) in [6, 6.07) is 10.8. The van der Waals surface area contributed by atoms with Gasteiger partial charge in [-0.3, -0.25) is 52.7 Å². The number of hydrogen-bond acceptors (Lipinski definition) is 16. The molecule has 0 radical (unpaired) electrons. The fourth-order valence-electron chi connectivity index (χ4n) is 10.5. The van der Waals surface area contributed by atoms with Crippen LogP contribution in [0.25, 0.3) is 10.9 Å². The van der Waals surface area contributed by atoms with Crippen LogP contribution in [0.2, 0.25) is 0 Å². The van der Waals surface area contributed by atoms with Crippen LogP contribution in [0.1, 0.15) is 116 Å². The molecule has 96 heavy (non-hydrogen) atoms. The number of carbonyl (C=O) groups excluding carboxylic acids is 10. The van der Waals surface area contributed by atoms with Gasteiger partial charge in [0.15, 0.2) is 0 Å². The smallest absolute Gasteiger partial charge is 0.326 e. The fraction of sp³-hybridized carbons (Fsp3) is 0.522. The molecule has 0 unspecified atom stereocenters. The first-order chi connectivity index (χ1) is 45.6. The Morgan fingerprint density at radius 2 is 0.906 bits per heavy atom. The number of H-pyrrole nitrogens is 1. The minimum atomic E-state index is -1.91. The van der Waals surface area contributed by atoms with Crippen molar-refractivity contribution in [1.29, 1.82) is 0 Å². The van der Waals surface area contributed by atoms with E-state index in [9.17, 15) is 72.9 Å². The molecule has 526 valence electrons. The van der Waals surface area contributed by atoms with E-state index in [2.05, 4.69) is 58.2 Å². The number of carboxylic acid groups (broad SMARTS) is 2. The molecule has 0 saturated heterocycles. The number of aliphatic hydroxyl groups excluding tert-OH is 1. The number of rotatable bonds is 43. The topological polar surface area (TPSA) is 480 Å². The molecular weight excluding hydrogens is 1240 g/mol. The molecule has 10 atom stereocenters. The summed E-state index contributed by atoms with van der Waals surface area (Å²) < 4.78 is 0. The summed E-state index contributed by atoms with van der Waals surface area (Å²) in [7, 11) is 0. The lowest BCUT2D eigenvalue weighted by atomic mass is 9.99. The molecule has 0 aliphatic heterocycles. The summed E-state index contributed by atoms with van der Waals surface area (Å²) in [4.78, 5) is 168. The van der Waals surface area contributed by atoms with Crippen molar-refractivity contribution >= 4 is 81.9 Å². The zero-order valence-corrected chi connectivity index (χ0v) is 55.5. The molecule has 3 aromatic carbocycles. The van der Waals surface area contributed by atoms with Gasteiger partial charge in [-0.2, -0.15) is 0 Å². The number of fused-ring (bicyclic) bond motifs is 1. The van der Waals surface area contributed by atoms with E-state index in [0.29, 0.717) is 30.4 Å². The summed E-state index contributed by atoms with van der Waals surface area (Å²) >= 11 is 0. The van der Waals surface area contributed by atoms with Crippen LogP contribution in [0, 0.1) is 17.8 Å². The van der Waals surface area contributed by atoms with Crippen LogP contribution in [0.5, 0.6) is 0 Å². The van der Waals surface area contributed by atoms with Gasteiger partial charge in [-0.1, -0.05) is 120 Å². The third-order valence-electron chi connectivity index (χ3n) is 15.6. The van der Waals surface area contributed by atoms with Crippen molar-refractivity contribution in [1.82, 2.24) is 58.2 Å². The molecular formula is C67H98N14O15. The number of hydrogen-bond donors (Lipinski definition) is 17. The summed E-state index contributed by atoms with van der Waals surface area (Å²) in [5.41, 5.74) is 20.3. The Balaban J connectivity index is 1.58. The van der Waals surface area contributed by atoms with E-state index in [0.717, 1.165) is 16.5 Å². The molecule has 1 aromatic heterocycles. The van der Waals surface area contributed by atoms with Crippen LogP contribution >= 0.6 is 0 Å². The van der Waals surface area contributed by atoms with Crippen molar-refractivity contribution < 1.29 is 72.9 Å². The number of aliphatic carboxylic acids is 2. The van der Waals surface area contributed by atoms with Gasteiger partial charge in [0.05, 0.1) is 25.6 Å². The molecule has 1 heterocycles. The number of nitrogens with two attached hydrogens (primary N) is 3. The number of benzene rings is 3. The van der Waals surface area contributed by atoms with Gasteiger partial charge in [0.1, 0.15) is 54.4 Å². The monoisotopic (exact) mass is 1340 g/mol. The number of para-hydroxylation sites is 1. The number of aliphatic hydroxyl groups is 1. The number of unbranched alkanes of at least 4 members (excludes halogenated alkanes) is 2. The Hall–Kier alpha value is -9.32. The molecule has 0 bridgehead atoms. The van der Waals surface area contributed by atoms with E-state index < -0.39 is 157 Å². The third-order valence-corrected chi connectivity index (χ3v) is 15.6. The second-order valence-corrected chi connectivity index (χ2v) is 25.0. The summed E-state index contributed by atoms with van der Waals surface area (Å²) in [6.07, 6.45) is 2.23. The largest absolute Gasteiger partial charge is 0.481 e.